The predicted molar refractivity (Wildman–Crippen MR) is 86.8 cm³/mol. The van der Waals surface area contributed by atoms with Crippen molar-refractivity contribution in [3.63, 3.8) is 0 Å². The fourth-order valence-corrected chi connectivity index (χ4v) is 2.21. The molecular weight excluding hydrogens is 302 g/mol. The van der Waals surface area contributed by atoms with Gasteiger partial charge in [-0.25, -0.2) is 0 Å². The van der Waals surface area contributed by atoms with Crippen molar-refractivity contribution in [2.24, 2.45) is 0 Å². The molecule has 0 aliphatic carbocycles. The number of hydrogen-bond donors (Lipinski definition) is 1. The lowest BCUT2D eigenvalue weighted by Gasteiger charge is -2.11. The summed E-state index contributed by atoms with van der Waals surface area (Å²) in [4.78, 5) is 23.4. The van der Waals surface area contributed by atoms with Gasteiger partial charge in [0.25, 0.3) is 5.91 Å². The van der Waals surface area contributed by atoms with Crippen molar-refractivity contribution in [1.29, 1.82) is 0 Å². The van der Waals surface area contributed by atoms with Crippen molar-refractivity contribution in [3.8, 4) is 5.75 Å². The normalized spacial score (nSPS) is 10.1. The van der Waals surface area contributed by atoms with Crippen LogP contribution < -0.4 is 10.1 Å². The zero-order valence-corrected chi connectivity index (χ0v) is 13.1. The lowest BCUT2D eigenvalue weighted by molar-refractivity contribution is -0.118. The molecule has 2 aromatic rings. The Morgan fingerprint density at radius 1 is 1.18 bits per heavy atom. The molecule has 0 aromatic heterocycles. The van der Waals surface area contributed by atoms with E-state index >= 15 is 0 Å². The van der Waals surface area contributed by atoms with Crippen LogP contribution in [0.2, 0.25) is 5.02 Å². The fraction of sp³-hybridized carbons (Fsp3) is 0.176. The lowest BCUT2D eigenvalue weighted by atomic mass is 10.1. The largest absolute Gasteiger partial charge is 0.483 e. The van der Waals surface area contributed by atoms with Gasteiger partial charge in [0.15, 0.2) is 12.4 Å². The number of benzene rings is 2. The van der Waals surface area contributed by atoms with Gasteiger partial charge in [0.1, 0.15) is 5.75 Å². The number of carbonyl (C=O) groups is 2. The maximum atomic E-state index is 12.0. The zero-order valence-electron chi connectivity index (χ0n) is 12.4. The molecule has 114 valence electrons. The van der Waals surface area contributed by atoms with Crippen LogP contribution in [0.1, 0.15) is 22.8 Å². The number of rotatable bonds is 5. The Labute approximate surface area is 134 Å². The van der Waals surface area contributed by atoms with E-state index in [9.17, 15) is 9.59 Å². The smallest absolute Gasteiger partial charge is 0.262 e. The summed E-state index contributed by atoms with van der Waals surface area (Å²) in [6.45, 7) is 3.14. The number of carbonyl (C=O) groups excluding carboxylic acids is 2. The molecule has 2 rings (SSSR count). The average Bonchev–Trinajstić information content (AvgIpc) is 2.48. The average molecular weight is 318 g/mol. The maximum Gasteiger partial charge on any atom is 0.262 e. The van der Waals surface area contributed by atoms with Gasteiger partial charge in [-0.1, -0.05) is 23.7 Å². The highest BCUT2D eigenvalue weighted by atomic mass is 35.5. The molecule has 0 spiro atoms. The SMILES string of the molecule is CC(=O)c1ccccc1OCC(=O)Nc1ccc(Cl)cc1C. The van der Waals surface area contributed by atoms with Crippen molar-refractivity contribution in [2.45, 2.75) is 13.8 Å². The number of anilines is 1. The number of amides is 1. The maximum absolute atomic E-state index is 12.0. The van der Waals surface area contributed by atoms with Crippen molar-refractivity contribution in [2.75, 3.05) is 11.9 Å². The molecule has 0 aliphatic rings. The Morgan fingerprint density at radius 3 is 2.59 bits per heavy atom. The van der Waals surface area contributed by atoms with Crippen LogP contribution in [0, 0.1) is 6.92 Å². The summed E-state index contributed by atoms with van der Waals surface area (Å²) in [5.74, 6) is -0.00805. The molecule has 0 radical (unpaired) electrons. The first-order chi connectivity index (χ1) is 10.5. The topological polar surface area (TPSA) is 55.4 Å². The van der Waals surface area contributed by atoms with Crippen LogP contribution in [-0.2, 0) is 4.79 Å². The molecule has 0 heterocycles. The summed E-state index contributed by atoms with van der Waals surface area (Å²) in [6.07, 6.45) is 0. The lowest BCUT2D eigenvalue weighted by Crippen LogP contribution is -2.21. The molecular formula is C17H16ClNO3. The molecule has 0 aliphatic heterocycles. The van der Waals surface area contributed by atoms with E-state index in [2.05, 4.69) is 5.32 Å². The third kappa shape index (κ3) is 4.09. The number of nitrogens with one attached hydrogen (secondary N) is 1. The molecule has 5 heteroatoms. The van der Waals surface area contributed by atoms with Gasteiger partial charge >= 0.3 is 0 Å². The Bertz CT molecular complexity index is 713. The van der Waals surface area contributed by atoms with Gasteiger partial charge in [-0.2, -0.15) is 0 Å². The summed E-state index contributed by atoms with van der Waals surface area (Å²) in [7, 11) is 0. The highest BCUT2D eigenvalue weighted by molar-refractivity contribution is 6.30. The highest BCUT2D eigenvalue weighted by Gasteiger charge is 2.10. The van der Waals surface area contributed by atoms with E-state index in [0.717, 1.165) is 5.56 Å². The monoisotopic (exact) mass is 317 g/mol. The number of Topliss-reactive ketones (excluding diaryl/α,β-unsaturated/α-hetero) is 1. The Hall–Kier alpha value is -2.33. The van der Waals surface area contributed by atoms with Gasteiger partial charge in [0, 0.05) is 10.7 Å². The molecule has 1 N–H and O–H groups in total. The van der Waals surface area contributed by atoms with E-state index in [4.69, 9.17) is 16.3 Å². The fourth-order valence-electron chi connectivity index (χ4n) is 1.98. The van der Waals surface area contributed by atoms with Gasteiger partial charge in [0.05, 0.1) is 5.56 Å². The van der Waals surface area contributed by atoms with E-state index < -0.39 is 0 Å². The predicted octanol–water partition coefficient (Wildman–Crippen LogP) is 3.87. The summed E-state index contributed by atoms with van der Waals surface area (Å²) in [5, 5.41) is 3.36. The van der Waals surface area contributed by atoms with Gasteiger partial charge in [-0.3, -0.25) is 9.59 Å². The third-order valence-corrected chi connectivity index (χ3v) is 3.32. The van der Waals surface area contributed by atoms with Gasteiger partial charge in [-0.05, 0) is 49.7 Å². The molecule has 1 amide bonds. The van der Waals surface area contributed by atoms with Crippen LogP contribution >= 0.6 is 11.6 Å². The van der Waals surface area contributed by atoms with Gasteiger partial charge < -0.3 is 10.1 Å². The Morgan fingerprint density at radius 2 is 1.91 bits per heavy atom. The van der Waals surface area contributed by atoms with Gasteiger partial charge in [0.2, 0.25) is 0 Å². The van der Waals surface area contributed by atoms with Crippen LogP contribution in [0.5, 0.6) is 5.75 Å². The van der Waals surface area contributed by atoms with Crippen LogP contribution in [-0.4, -0.2) is 18.3 Å². The first-order valence-corrected chi connectivity index (χ1v) is 7.14. The van der Waals surface area contributed by atoms with Crippen molar-refractivity contribution < 1.29 is 14.3 Å². The third-order valence-electron chi connectivity index (χ3n) is 3.09. The van der Waals surface area contributed by atoms with Crippen molar-refractivity contribution >= 4 is 29.0 Å². The number of ketones is 1. The second-order valence-corrected chi connectivity index (χ2v) is 5.28. The second-order valence-electron chi connectivity index (χ2n) is 4.85. The minimum absolute atomic E-state index is 0.107. The van der Waals surface area contributed by atoms with E-state index in [0.29, 0.717) is 22.0 Å². The first-order valence-electron chi connectivity index (χ1n) is 6.76. The summed E-state index contributed by atoms with van der Waals surface area (Å²) in [5.41, 5.74) is 2.00. The minimum Gasteiger partial charge on any atom is -0.483 e. The first kappa shape index (κ1) is 16.0. The number of aryl methyl sites for hydroxylation is 1. The second kappa shape index (κ2) is 7.09. The number of ether oxygens (including phenoxy) is 1. The minimum atomic E-state index is -0.302. The zero-order chi connectivity index (χ0) is 16.1. The Balaban J connectivity index is 2.00. The molecule has 22 heavy (non-hydrogen) atoms. The Kier molecular flexibility index (Phi) is 5.17. The molecule has 0 atom stereocenters. The molecule has 2 aromatic carbocycles. The summed E-state index contributed by atoms with van der Waals surface area (Å²) in [6, 6.07) is 12.0. The van der Waals surface area contributed by atoms with Crippen LogP contribution in [0.4, 0.5) is 5.69 Å². The van der Waals surface area contributed by atoms with Crippen molar-refractivity contribution in [3.05, 3.63) is 58.6 Å². The summed E-state index contributed by atoms with van der Waals surface area (Å²) >= 11 is 5.87. The molecule has 0 saturated heterocycles. The highest BCUT2D eigenvalue weighted by Crippen LogP contribution is 2.20. The molecule has 4 nitrogen and oxygen atoms in total. The quantitative estimate of drug-likeness (QED) is 0.852. The van der Waals surface area contributed by atoms with Crippen LogP contribution in [0.3, 0.4) is 0 Å². The molecule has 0 fully saturated rings. The molecule has 0 saturated carbocycles. The van der Waals surface area contributed by atoms with Crippen LogP contribution in [0.25, 0.3) is 0 Å². The standard InChI is InChI=1S/C17H16ClNO3/c1-11-9-13(18)7-8-15(11)19-17(21)10-22-16-6-4-3-5-14(16)12(2)20/h3-9H,10H2,1-2H3,(H,19,21). The van der Waals surface area contributed by atoms with E-state index in [1.165, 1.54) is 6.92 Å². The van der Waals surface area contributed by atoms with E-state index in [1.54, 1.807) is 42.5 Å². The molecule has 0 unspecified atom stereocenters. The number of hydrogen-bond acceptors (Lipinski definition) is 3. The van der Waals surface area contributed by atoms with Crippen LogP contribution in [0.15, 0.2) is 42.5 Å². The van der Waals surface area contributed by atoms with Gasteiger partial charge in [-0.15, -0.1) is 0 Å². The van der Waals surface area contributed by atoms with Crippen molar-refractivity contribution in [1.82, 2.24) is 0 Å². The number of halogens is 1. The van der Waals surface area contributed by atoms with E-state index in [-0.39, 0.29) is 18.3 Å². The summed E-state index contributed by atoms with van der Waals surface area (Å²) < 4.78 is 5.44. The number of para-hydroxylation sites is 1. The van der Waals surface area contributed by atoms with E-state index in [1.807, 2.05) is 6.92 Å². The molecule has 0 bridgehead atoms.